The second-order valence-electron chi connectivity index (χ2n) is 4.84. The van der Waals surface area contributed by atoms with E-state index in [9.17, 15) is 4.79 Å². The first-order chi connectivity index (χ1) is 7.19. The molecule has 1 heterocycles. The Morgan fingerprint density at radius 1 is 1.56 bits per heavy atom. The smallest absolute Gasteiger partial charge is 0.308 e. The van der Waals surface area contributed by atoms with Crippen molar-refractivity contribution in [1.29, 1.82) is 0 Å². The maximum Gasteiger partial charge on any atom is 0.308 e. The number of methoxy groups -OCH3 is 1. The van der Waals surface area contributed by atoms with Crippen molar-refractivity contribution in [2.75, 3.05) is 20.3 Å². The number of rotatable bonds is 2. The first-order valence-corrected chi connectivity index (χ1v) is 5.59. The Kier molecular flexibility index (Phi) is 4.59. The van der Waals surface area contributed by atoms with Crippen LogP contribution in [0.1, 0.15) is 25.7 Å². The van der Waals surface area contributed by atoms with Crippen LogP contribution in [0.15, 0.2) is 0 Å². The lowest BCUT2D eigenvalue weighted by Gasteiger charge is -2.49. The van der Waals surface area contributed by atoms with E-state index in [0.29, 0.717) is 6.54 Å². The molecule has 0 aromatic rings. The normalized spacial score (nSPS) is 37.4. The molecular formula is C11H20ClNO3. The lowest BCUT2D eigenvalue weighted by molar-refractivity contribution is -0.164. The fourth-order valence-electron chi connectivity index (χ4n) is 2.74. The van der Waals surface area contributed by atoms with E-state index in [4.69, 9.17) is 15.2 Å². The van der Waals surface area contributed by atoms with Crippen LogP contribution in [-0.2, 0) is 14.3 Å². The minimum atomic E-state index is -0.0680. The van der Waals surface area contributed by atoms with Gasteiger partial charge in [-0.2, -0.15) is 0 Å². The van der Waals surface area contributed by atoms with Gasteiger partial charge < -0.3 is 15.2 Å². The van der Waals surface area contributed by atoms with E-state index in [1.807, 2.05) is 0 Å². The minimum Gasteiger partial charge on any atom is -0.469 e. The highest BCUT2D eigenvalue weighted by Crippen LogP contribution is 2.51. The van der Waals surface area contributed by atoms with Gasteiger partial charge in [0.05, 0.1) is 25.7 Å². The summed E-state index contributed by atoms with van der Waals surface area (Å²) in [6.07, 6.45) is 4.26. The Hall–Kier alpha value is -0.320. The van der Waals surface area contributed by atoms with Crippen molar-refractivity contribution < 1.29 is 14.3 Å². The third kappa shape index (κ3) is 2.50. The zero-order valence-electron chi connectivity index (χ0n) is 9.61. The molecule has 1 atom stereocenters. The first-order valence-electron chi connectivity index (χ1n) is 5.59. The van der Waals surface area contributed by atoms with Crippen molar-refractivity contribution in [3.63, 3.8) is 0 Å². The van der Waals surface area contributed by atoms with Gasteiger partial charge >= 0.3 is 5.97 Å². The summed E-state index contributed by atoms with van der Waals surface area (Å²) < 4.78 is 10.4. The van der Waals surface area contributed by atoms with Crippen LogP contribution in [0.2, 0.25) is 0 Å². The quantitative estimate of drug-likeness (QED) is 0.745. The molecule has 94 valence electrons. The fourth-order valence-corrected chi connectivity index (χ4v) is 2.74. The number of hydrogen-bond donors (Lipinski definition) is 1. The van der Waals surface area contributed by atoms with Gasteiger partial charge in [0.15, 0.2) is 0 Å². The second-order valence-corrected chi connectivity index (χ2v) is 4.84. The van der Waals surface area contributed by atoms with Crippen LogP contribution in [0.4, 0.5) is 0 Å². The number of nitrogens with two attached hydrogens (primary N) is 1. The van der Waals surface area contributed by atoms with Crippen LogP contribution in [0.3, 0.4) is 0 Å². The second kappa shape index (κ2) is 5.34. The predicted octanol–water partition coefficient (Wildman–Crippen LogP) is 1.12. The van der Waals surface area contributed by atoms with E-state index >= 15 is 0 Å². The molecule has 0 radical (unpaired) electrons. The third-order valence-electron chi connectivity index (χ3n) is 3.78. The highest BCUT2D eigenvalue weighted by atomic mass is 35.5. The van der Waals surface area contributed by atoms with Crippen LogP contribution in [0.5, 0.6) is 0 Å². The maximum atomic E-state index is 11.3. The zero-order chi connectivity index (χ0) is 10.9. The number of carbonyl (C=O) groups is 1. The highest BCUT2D eigenvalue weighted by molar-refractivity contribution is 5.85. The molecule has 1 aliphatic carbocycles. The van der Waals surface area contributed by atoms with E-state index in [1.165, 1.54) is 7.11 Å². The third-order valence-corrected chi connectivity index (χ3v) is 3.78. The molecule has 1 unspecified atom stereocenters. The minimum absolute atomic E-state index is 0. The summed E-state index contributed by atoms with van der Waals surface area (Å²) in [6, 6.07) is 0. The fraction of sp³-hybridized carbons (Fsp3) is 0.909. The van der Waals surface area contributed by atoms with Crippen LogP contribution in [0.25, 0.3) is 0 Å². The zero-order valence-corrected chi connectivity index (χ0v) is 10.4. The van der Waals surface area contributed by atoms with Gasteiger partial charge in [-0.15, -0.1) is 12.4 Å². The van der Waals surface area contributed by atoms with Gasteiger partial charge in [-0.25, -0.2) is 0 Å². The molecule has 2 N–H and O–H groups in total. The SMILES string of the molecule is COC(=O)C1CC2(CCC(CN)OC2)C1.Cl. The molecule has 0 bridgehead atoms. The van der Waals surface area contributed by atoms with Crippen molar-refractivity contribution in [3.05, 3.63) is 0 Å². The van der Waals surface area contributed by atoms with Crippen molar-refractivity contribution in [3.8, 4) is 0 Å². The van der Waals surface area contributed by atoms with Gasteiger partial charge in [0, 0.05) is 6.54 Å². The summed E-state index contributed by atoms with van der Waals surface area (Å²) in [4.78, 5) is 11.3. The van der Waals surface area contributed by atoms with E-state index in [2.05, 4.69) is 0 Å². The standard InChI is InChI=1S/C11H19NO3.ClH/c1-14-10(13)8-4-11(5-8)3-2-9(6-12)15-7-11;/h8-9H,2-7,12H2,1H3;1H. The van der Waals surface area contributed by atoms with Gasteiger partial charge in [-0.05, 0) is 31.1 Å². The van der Waals surface area contributed by atoms with Crippen LogP contribution in [0, 0.1) is 11.3 Å². The Balaban J connectivity index is 0.00000128. The summed E-state index contributed by atoms with van der Waals surface area (Å²) in [7, 11) is 1.45. The molecule has 0 amide bonds. The summed E-state index contributed by atoms with van der Waals surface area (Å²) in [5.41, 5.74) is 5.80. The molecule has 16 heavy (non-hydrogen) atoms. The summed E-state index contributed by atoms with van der Waals surface area (Å²) in [6.45, 7) is 1.37. The molecular weight excluding hydrogens is 230 g/mol. The summed E-state index contributed by atoms with van der Waals surface area (Å²) in [5, 5.41) is 0. The lowest BCUT2D eigenvalue weighted by atomic mass is 9.59. The molecule has 0 aromatic carbocycles. The molecule has 5 heteroatoms. The predicted molar refractivity (Wildman–Crippen MR) is 62.4 cm³/mol. The molecule has 2 aliphatic rings. The van der Waals surface area contributed by atoms with Gasteiger partial charge in [-0.3, -0.25) is 4.79 Å². The summed E-state index contributed by atoms with van der Waals surface area (Å²) in [5.74, 6) is 0.0367. The van der Waals surface area contributed by atoms with Gasteiger partial charge in [0.1, 0.15) is 0 Å². The average molecular weight is 250 g/mol. The van der Waals surface area contributed by atoms with E-state index in [-0.39, 0.29) is 35.8 Å². The number of hydrogen-bond acceptors (Lipinski definition) is 4. The van der Waals surface area contributed by atoms with Gasteiger partial charge in [0.2, 0.25) is 0 Å². The van der Waals surface area contributed by atoms with Gasteiger partial charge in [-0.1, -0.05) is 0 Å². The van der Waals surface area contributed by atoms with Crippen molar-refractivity contribution in [2.24, 2.45) is 17.1 Å². The first kappa shape index (κ1) is 13.7. The monoisotopic (exact) mass is 249 g/mol. The Labute approximate surface area is 102 Å². The van der Waals surface area contributed by atoms with E-state index in [1.54, 1.807) is 0 Å². The molecule has 4 nitrogen and oxygen atoms in total. The number of ether oxygens (including phenoxy) is 2. The largest absolute Gasteiger partial charge is 0.469 e. The molecule has 1 saturated heterocycles. The van der Waals surface area contributed by atoms with E-state index < -0.39 is 0 Å². The Bertz CT molecular complexity index is 244. The topological polar surface area (TPSA) is 61.5 Å². The molecule has 0 aromatic heterocycles. The van der Waals surface area contributed by atoms with Crippen molar-refractivity contribution in [2.45, 2.75) is 31.8 Å². The van der Waals surface area contributed by atoms with Crippen molar-refractivity contribution in [1.82, 2.24) is 0 Å². The van der Waals surface area contributed by atoms with Crippen LogP contribution < -0.4 is 5.73 Å². The summed E-state index contributed by atoms with van der Waals surface area (Å²) >= 11 is 0. The Morgan fingerprint density at radius 3 is 2.69 bits per heavy atom. The number of carbonyl (C=O) groups excluding carboxylic acids is 1. The highest BCUT2D eigenvalue weighted by Gasteiger charge is 2.49. The Morgan fingerprint density at radius 2 is 2.25 bits per heavy atom. The molecule has 2 fully saturated rings. The average Bonchev–Trinajstić information content (AvgIpc) is 2.25. The van der Waals surface area contributed by atoms with Gasteiger partial charge in [0.25, 0.3) is 0 Å². The molecule has 1 aliphatic heterocycles. The van der Waals surface area contributed by atoms with Crippen LogP contribution in [-0.4, -0.2) is 32.3 Å². The lowest BCUT2D eigenvalue weighted by Crippen LogP contribution is -2.49. The van der Waals surface area contributed by atoms with E-state index in [0.717, 1.165) is 32.3 Å². The number of esters is 1. The molecule has 2 rings (SSSR count). The molecule has 1 saturated carbocycles. The maximum absolute atomic E-state index is 11.3. The van der Waals surface area contributed by atoms with Crippen LogP contribution >= 0.6 is 12.4 Å². The number of halogens is 1. The van der Waals surface area contributed by atoms with Crippen molar-refractivity contribution >= 4 is 18.4 Å². The molecule has 1 spiro atoms.